The van der Waals surface area contributed by atoms with Crippen molar-refractivity contribution in [1.82, 2.24) is 10.9 Å². The largest absolute Gasteiger partial charge is 0.484 e. The Kier molecular flexibility index (Phi) is 6.44. The summed E-state index contributed by atoms with van der Waals surface area (Å²) in [5.41, 5.74) is 4.86. The van der Waals surface area contributed by atoms with Gasteiger partial charge in [0, 0.05) is 0 Å². The molecular weight excluding hydrogens is 330 g/mol. The molecule has 1 aliphatic heterocycles. The van der Waals surface area contributed by atoms with Crippen LogP contribution in [0, 0.1) is 0 Å². The van der Waals surface area contributed by atoms with Gasteiger partial charge in [0.25, 0.3) is 5.91 Å². The van der Waals surface area contributed by atoms with Crippen LogP contribution in [0.2, 0.25) is 0 Å². The quantitative estimate of drug-likeness (QED) is 0.671. The van der Waals surface area contributed by atoms with Crippen LogP contribution in [0.15, 0.2) is 42.5 Å². The normalized spacial score (nSPS) is 14.8. The fraction of sp³-hybridized carbons (Fsp3) is 0.400. The van der Waals surface area contributed by atoms with E-state index < -0.39 is 0 Å². The Morgan fingerprint density at radius 2 is 1.65 bits per heavy atom. The van der Waals surface area contributed by atoms with Crippen molar-refractivity contribution >= 4 is 22.6 Å². The van der Waals surface area contributed by atoms with Crippen molar-refractivity contribution in [2.45, 2.75) is 25.7 Å². The highest BCUT2D eigenvalue weighted by Gasteiger charge is 2.15. The molecule has 3 N–H and O–H groups in total. The monoisotopic (exact) mass is 356 g/mol. The molecule has 0 radical (unpaired) electrons. The molecule has 6 heteroatoms. The predicted molar refractivity (Wildman–Crippen MR) is 99.8 cm³/mol. The highest BCUT2D eigenvalue weighted by Crippen LogP contribution is 2.20. The minimum Gasteiger partial charge on any atom is -0.484 e. The lowest BCUT2D eigenvalue weighted by atomic mass is 10.1. The van der Waals surface area contributed by atoms with E-state index in [1.54, 1.807) is 0 Å². The summed E-state index contributed by atoms with van der Waals surface area (Å²) in [6, 6.07) is 13.6. The van der Waals surface area contributed by atoms with Crippen LogP contribution in [-0.4, -0.2) is 38.1 Å². The molecule has 2 aromatic rings. The molecule has 2 amide bonds. The lowest BCUT2D eigenvalue weighted by molar-refractivity contribution is -0.904. The third-order valence-corrected chi connectivity index (χ3v) is 4.70. The second-order valence-corrected chi connectivity index (χ2v) is 6.70. The first-order valence-electron chi connectivity index (χ1n) is 9.23. The Hall–Kier alpha value is -2.60. The smallest absolute Gasteiger partial charge is 0.276 e. The van der Waals surface area contributed by atoms with Gasteiger partial charge in [-0.05, 0) is 42.2 Å². The zero-order valence-electron chi connectivity index (χ0n) is 14.9. The van der Waals surface area contributed by atoms with E-state index in [0.717, 1.165) is 30.4 Å². The van der Waals surface area contributed by atoms with Gasteiger partial charge in [-0.25, -0.2) is 0 Å². The van der Waals surface area contributed by atoms with Gasteiger partial charge < -0.3 is 9.64 Å². The van der Waals surface area contributed by atoms with E-state index in [1.165, 1.54) is 24.2 Å². The molecular formula is C20H26N3O3+. The van der Waals surface area contributed by atoms with Gasteiger partial charge >= 0.3 is 0 Å². The summed E-state index contributed by atoms with van der Waals surface area (Å²) in [6.45, 7) is 2.95. The van der Waals surface area contributed by atoms with Crippen molar-refractivity contribution in [3.8, 4) is 5.75 Å². The second kappa shape index (κ2) is 9.20. The first kappa shape index (κ1) is 18.2. The van der Waals surface area contributed by atoms with Crippen LogP contribution in [0.3, 0.4) is 0 Å². The predicted octanol–water partition coefficient (Wildman–Crippen LogP) is 0.825. The standard InChI is InChI=1S/C20H25N3O3/c24-19(10-13-23-11-4-1-5-12-23)21-22-20(25)15-26-18-9-8-16-6-2-3-7-17(16)14-18/h2-3,6-9,14H,1,4-5,10-13,15H2,(H,21,24)(H,22,25)/p+1. The lowest BCUT2D eigenvalue weighted by Crippen LogP contribution is -3.12. The van der Waals surface area contributed by atoms with E-state index in [0.29, 0.717) is 12.2 Å². The molecule has 0 spiro atoms. The van der Waals surface area contributed by atoms with Gasteiger partial charge in [0.2, 0.25) is 5.91 Å². The summed E-state index contributed by atoms with van der Waals surface area (Å²) in [5.74, 6) is 0.0813. The zero-order chi connectivity index (χ0) is 18.2. The number of amides is 2. The number of ether oxygens (including phenoxy) is 1. The summed E-state index contributed by atoms with van der Waals surface area (Å²) in [4.78, 5) is 25.1. The molecule has 0 bridgehead atoms. The summed E-state index contributed by atoms with van der Waals surface area (Å²) in [7, 11) is 0. The van der Waals surface area contributed by atoms with Crippen molar-refractivity contribution < 1.29 is 19.2 Å². The van der Waals surface area contributed by atoms with Crippen molar-refractivity contribution in [1.29, 1.82) is 0 Å². The SMILES string of the molecule is O=C(CC[NH+]1CCCCC1)NNC(=O)COc1ccc2ccccc2c1. The Morgan fingerprint density at radius 3 is 2.46 bits per heavy atom. The van der Waals surface area contributed by atoms with Gasteiger partial charge in [0.05, 0.1) is 26.1 Å². The first-order chi connectivity index (χ1) is 12.7. The number of fused-ring (bicyclic) bond motifs is 1. The fourth-order valence-electron chi connectivity index (χ4n) is 3.24. The number of hydrogen-bond acceptors (Lipinski definition) is 3. The van der Waals surface area contributed by atoms with Crippen molar-refractivity contribution in [3.63, 3.8) is 0 Å². The molecule has 0 aromatic heterocycles. The number of carbonyl (C=O) groups is 2. The zero-order valence-corrected chi connectivity index (χ0v) is 14.9. The maximum atomic E-state index is 11.8. The van der Waals surface area contributed by atoms with Crippen LogP contribution in [0.4, 0.5) is 0 Å². The molecule has 1 saturated heterocycles. The molecule has 0 aliphatic carbocycles. The molecule has 0 atom stereocenters. The molecule has 0 saturated carbocycles. The summed E-state index contributed by atoms with van der Waals surface area (Å²) >= 11 is 0. The number of piperidine rings is 1. The Balaban J connectivity index is 1.36. The molecule has 1 fully saturated rings. The number of quaternary nitrogens is 1. The number of nitrogens with one attached hydrogen (secondary N) is 3. The van der Waals surface area contributed by atoms with E-state index in [2.05, 4.69) is 10.9 Å². The van der Waals surface area contributed by atoms with Crippen LogP contribution in [0.5, 0.6) is 5.75 Å². The third kappa shape index (κ3) is 5.46. The van der Waals surface area contributed by atoms with E-state index in [4.69, 9.17) is 4.74 Å². The number of hydrogen-bond donors (Lipinski definition) is 3. The topological polar surface area (TPSA) is 71.9 Å². The highest BCUT2D eigenvalue weighted by atomic mass is 16.5. The second-order valence-electron chi connectivity index (χ2n) is 6.70. The molecule has 1 heterocycles. The van der Waals surface area contributed by atoms with Crippen LogP contribution in [0.25, 0.3) is 10.8 Å². The van der Waals surface area contributed by atoms with E-state index in [1.807, 2.05) is 42.5 Å². The van der Waals surface area contributed by atoms with E-state index >= 15 is 0 Å². The fourth-order valence-corrected chi connectivity index (χ4v) is 3.24. The molecule has 138 valence electrons. The van der Waals surface area contributed by atoms with Gasteiger partial charge in [-0.15, -0.1) is 0 Å². The van der Waals surface area contributed by atoms with Crippen molar-refractivity contribution in [2.24, 2.45) is 0 Å². The molecule has 3 rings (SSSR count). The summed E-state index contributed by atoms with van der Waals surface area (Å²) < 4.78 is 5.50. The molecule has 26 heavy (non-hydrogen) atoms. The maximum absolute atomic E-state index is 11.8. The van der Waals surface area contributed by atoms with E-state index in [9.17, 15) is 9.59 Å². The molecule has 6 nitrogen and oxygen atoms in total. The van der Waals surface area contributed by atoms with Gasteiger partial charge in [-0.3, -0.25) is 20.4 Å². The Labute approximate surface area is 153 Å². The van der Waals surface area contributed by atoms with Gasteiger partial charge in [0.1, 0.15) is 5.75 Å². The molecule has 2 aromatic carbocycles. The highest BCUT2D eigenvalue weighted by molar-refractivity contribution is 5.84. The maximum Gasteiger partial charge on any atom is 0.276 e. The Bertz CT molecular complexity index is 757. The first-order valence-corrected chi connectivity index (χ1v) is 9.23. The Morgan fingerprint density at radius 1 is 0.923 bits per heavy atom. The summed E-state index contributed by atoms with van der Waals surface area (Å²) in [5, 5.41) is 2.17. The van der Waals surface area contributed by atoms with Crippen LogP contribution >= 0.6 is 0 Å². The van der Waals surface area contributed by atoms with Crippen LogP contribution in [0.1, 0.15) is 25.7 Å². The third-order valence-electron chi connectivity index (χ3n) is 4.70. The van der Waals surface area contributed by atoms with E-state index in [-0.39, 0.29) is 18.4 Å². The number of carbonyl (C=O) groups excluding carboxylic acids is 2. The average molecular weight is 356 g/mol. The van der Waals surface area contributed by atoms with Crippen LogP contribution in [-0.2, 0) is 9.59 Å². The van der Waals surface area contributed by atoms with Crippen molar-refractivity contribution in [2.75, 3.05) is 26.2 Å². The number of hydrazine groups is 1. The summed E-state index contributed by atoms with van der Waals surface area (Å²) in [6.07, 6.45) is 4.18. The lowest BCUT2D eigenvalue weighted by Gasteiger charge is -2.23. The molecule has 0 unspecified atom stereocenters. The van der Waals surface area contributed by atoms with Crippen LogP contribution < -0.4 is 20.5 Å². The average Bonchev–Trinajstić information content (AvgIpc) is 2.69. The minimum atomic E-state index is -0.378. The van der Waals surface area contributed by atoms with Crippen molar-refractivity contribution in [3.05, 3.63) is 42.5 Å². The number of rotatable bonds is 6. The van der Waals surface area contributed by atoms with Gasteiger partial charge in [-0.2, -0.15) is 0 Å². The number of benzene rings is 2. The van der Waals surface area contributed by atoms with Gasteiger partial charge in [0.15, 0.2) is 6.61 Å². The molecule has 1 aliphatic rings. The number of likely N-dealkylation sites (tertiary alicyclic amines) is 1. The van der Waals surface area contributed by atoms with Gasteiger partial charge in [-0.1, -0.05) is 30.3 Å². The minimum absolute atomic E-state index is 0.143.